The van der Waals surface area contributed by atoms with E-state index in [1.165, 1.54) is 0 Å². The first-order chi connectivity index (χ1) is 6.74. The van der Waals surface area contributed by atoms with Gasteiger partial charge in [0.1, 0.15) is 5.78 Å². The fourth-order valence-corrected chi connectivity index (χ4v) is 2.92. The Morgan fingerprint density at radius 1 is 1.57 bits per heavy atom. The summed E-state index contributed by atoms with van der Waals surface area (Å²) in [5.41, 5.74) is 0. The van der Waals surface area contributed by atoms with Gasteiger partial charge in [-0.05, 0) is 25.3 Å². The molecule has 3 nitrogen and oxygen atoms in total. The van der Waals surface area contributed by atoms with Crippen LogP contribution in [0.25, 0.3) is 0 Å². The highest BCUT2D eigenvalue weighted by Crippen LogP contribution is 2.35. The van der Waals surface area contributed by atoms with E-state index in [2.05, 4.69) is 11.9 Å². The van der Waals surface area contributed by atoms with Crippen molar-refractivity contribution in [3.63, 3.8) is 0 Å². The molecule has 0 bridgehead atoms. The van der Waals surface area contributed by atoms with Crippen LogP contribution in [0.5, 0.6) is 0 Å². The molecule has 2 saturated heterocycles. The molecule has 14 heavy (non-hydrogen) atoms. The lowest BCUT2D eigenvalue weighted by atomic mass is 9.84. The Morgan fingerprint density at radius 3 is 3.07 bits per heavy atom. The summed E-state index contributed by atoms with van der Waals surface area (Å²) in [5.74, 6) is 1.55. The molecule has 0 aromatic rings. The van der Waals surface area contributed by atoms with Crippen molar-refractivity contribution in [2.24, 2.45) is 11.8 Å². The molecule has 0 N–H and O–H groups in total. The van der Waals surface area contributed by atoms with Crippen molar-refractivity contribution in [3.05, 3.63) is 0 Å². The lowest BCUT2D eigenvalue weighted by Gasteiger charge is -2.28. The highest BCUT2D eigenvalue weighted by Gasteiger charge is 2.44. The minimum absolute atomic E-state index is 0.175. The third-order valence-electron chi connectivity index (χ3n) is 3.61. The van der Waals surface area contributed by atoms with Crippen LogP contribution in [0.2, 0.25) is 0 Å². The van der Waals surface area contributed by atoms with Crippen LogP contribution in [0.15, 0.2) is 0 Å². The highest BCUT2D eigenvalue weighted by atomic mass is 16.5. The van der Waals surface area contributed by atoms with Crippen molar-refractivity contribution in [2.45, 2.75) is 25.8 Å². The zero-order valence-corrected chi connectivity index (χ0v) is 9.03. The van der Waals surface area contributed by atoms with Gasteiger partial charge in [-0.2, -0.15) is 0 Å². The molecular formula is C11H19NO2. The predicted molar refractivity (Wildman–Crippen MR) is 54.1 cm³/mol. The molecule has 3 unspecified atom stereocenters. The fourth-order valence-electron chi connectivity index (χ4n) is 2.92. The van der Waals surface area contributed by atoms with E-state index in [0.717, 1.165) is 26.2 Å². The number of hydrogen-bond acceptors (Lipinski definition) is 3. The van der Waals surface area contributed by atoms with Crippen molar-refractivity contribution in [2.75, 3.05) is 26.8 Å². The van der Waals surface area contributed by atoms with Crippen molar-refractivity contribution in [1.82, 2.24) is 4.90 Å². The average Bonchev–Trinajstić information content (AvgIpc) is 2.53. The van der Waals surface area contributed by atoms with Crippen molar-refractivity contribution in [1.29, 1.82) is 0 Å². The number of likely N-dealkylation sites (tertiary alicyclic amines) is 1. The highest BCUT2D eigenvalue weighted by molar-refractivity contribution is 5.84. The van der Waals surface area contributed by atoms with Gasteiger partial charge in [0.2, 0.25) is 0 Å². The summed E-state index contributed by atoms with van der Waals surface area (Å²) in [5, 5.41) is 0. The first-order valence-electron chi connectivity index (χ1n) is 5.54. The number of nitrogens with zero attached hydrogens (tertiary/aromatic N) is 1. The first kappa shape index (κ1) is 10.1. The van der Waals surface area contributed by atoms with E-state index < -0.39 is 0 Å². The lowest BCUT2D eigenvalue weighted by Crippen LogP contribution is -2.38. The fraction of sp³-hybridized carbons (Fsp3) is 0.909. The van der Waals surface area contributed by atoms with Crippen LogP contribution in [0.1, 0.15) is 19.8 Å². The largest absolute Gasteiger partial charge is 0.381 e. The number of ether oxygens (including phenoxy) is 1. The molecule has 2 aliphatic rings. The lowest BCUT2D eigenvalue weighted by molar-refractivity contribution is -0.124. The van der Waals surface area contributed by atoms with Crippen LogP contribution in [0, 0.1) is 11.8 Å². The number of ketones is 1. The van der Waals surface area contributed by atoms with Gasteiger partial charge in [0.05, 0.1) is 12.6 Å². The van der Waals surface area contributed by atoms with Crippen molar-refractivity contribution >= 4 is 5.78 Å². The number of carbonyl (C=O) groups excluding carboxylic acids is 1. The molecule has 2 rings (SSSR count). The second-order valence-corrected chi connectivity index (χ2v) is 4.49. The van der Waals surface area contributed by atoms with Crippen LogP contribution in [0.3, 0.4) is 0 Å². The van der Waals surface area contributed by atoms with Crippen LogP contribution < -0.4 is 0 Å². The molecule has 0 saturated carbocycles. The number of hydrogen-bond donors (Lipinski definition) is 0. The van der Waals surface area contributed by atoms with Crippen LogP contribution in [0.4, 0.5) is 0 Å². The van der Waals surface area contributed by atoms with Gasteiger partial charge in [-0.25, -0.2) is 0 Å². The Kier molecular flexibility index (Phi) is 2.88. The van der Waals surface area contributed by atoms with Gasteiger partial charge in [0.25, 0.3) is 0 Å². The molecule has 3 heteroatoms. The minimum atomic E-state index is 0.175. The quantitative estimate of drug-likeness (QED) is 0.659. The summed E-state index contributed by atoms with van der Waals surface area (Å²) < 4.78 is 5.46. The number of rotatable bonds is 2. The first-order valence-corrected chi connectivity index (χ1v) is 5.54. The van der Waals surface area contributed by atoms with Gasteiger partial charge >= 0.3 is 0 Å². The zero-order valence-electron chi connectivity index (χ0n) is 9.03. The number of Topliss-reactive ketones (excluding diaryl/α,β-unsaturated/α-hetero) is 1. The van der Waals surface area contributed by atoms with E-state index in [1.807, 2.05) is 6.92 Å². The Balaban J connectivity index is 2.11. The zero-order chi connectivity index (χ0) is 10.1. The van der Waals surface area contributed by atoms with Gasteiger partial charge < -0.3 is 4.74 Å². The SMILES string of the molecule is CCC(=O)C1C2CCOCC2CN1C. The van der Waals surface area contributed by atoms with Gasteiger partial charge in [-0.15, -0.1) is 0 Å². The number of fused-ring (bicyclic) bond motifs is 1. The molecular weight excluding hydrogens is 178 g/mol. The van der Waals surface area contributed by atoms with Gasteiger partial charge in [0, 0.05) is 19.6 Å². The summed E-state index contributed by atoms with van der Waals surface area (Å²) in [6, 6.07) is 0.175. The number of carbonyl (C=O) groups is 1. The minimum Gasteiger partial charge on any atom is -0.381 e. The van der Waals surface area contributed by atoms with E-state index in [-0.39, 0.29) is 6.04 Å². The smallest absolute Gasteiger partial charge is 0.149 e. The molecule has 0 aliphatic carbocycles. The van der Waals surface area contributed by atoms with E-state index in [1.54, 1.807) is 0 Å². The molecule has 2 heterocycles. The maximum Gasteiger partial charge on any atom is 0.149 e. The third-order valence-corrected chi connectivity index (χ3v) is 3.61. The Morgan fingerprint density at radius 2 is 2.36 bits per heavy atom. The molecule has 0 spiro atoms. The summed E-state index contributed by atoms with van der Waals surface area (Å²) in [6.45, 7) is 4.68. The molecule has 80 valence electrons. The molecule has 3 atom stereocenters. The van der Waals surface area contributed by atoms with Gasteiger partial charge in [-0.3, -0.25) is 9.69 Å². The molecule has 2 aliphatic heterocycles. The predicted octanol–water partition coefficient (Wildman–Crippen LogP) is 0.932. The maximum atomic E-state index is 11.8. The van der Waals surface area contributed by atoms with Gasteiger partial charge in [0.15, 0.2) is 0 Å². The summed E-state index contributed by atoms with van der Waals surface area (Å²) in [6.07, 6.45) is 1.73. The van der Waals surface area contributed by atoms with E-state index in [9.17, 15) is 4.79 Å². The van der Waals surface area contributed by atoms with Crippen molar-refractivity contribution < 1.29 is 9.53 Å². The molecule has 2 fully saturated rings. The molecule has 0 amide bonds. The Hall–Kier alpha value is -0.410. The second-order valence-electron chi connectivity index (χ2n) is 4.49. The molecule has 0 radical (unpaired) electrons. The summed E-state index contributed by atoms with van der Waals surface area (Å²) in [7, 11) is 2.07. The van der Waals surface area contributed by atoms with E-state index in [0.29, 0.717) is 24.0 Å². The van der Waals surface area contributed by atoms with E-state index in [4.69, 9.17) is 4.74 Å². The maximum absolute atomic E-state index is 11.8. The van der Waals surface area contributed by atoms with Crippen LogP contribution >= 0.6 is 0 Å². The Labute approximate surface area is 85.4 Å². The monoisotopic (exact) mass is 197 g/mol. The van der Waals surface area contributed by atoms with E-state index >= 15 is 0 Å². The normalized spacial score (nSPS) is 38.3. The Bertz CT molecular complexity index is 229. The van der Waals surface area contributed by atoms with Crippen molar-refractivity contribution in [3.8, 4) is 0 Å². The molecule has 0 aromatic heterocycles. The third kappa shape index (κ3) is 1.59. The van der Waals surface area contributed by atoms with Gasteiger partial charge in [-0.1, -0.05) is 6.92 Å². The second kappa shape index (κ2) is 3.99. The standard InChI is InChI=1S/C11H19NO2/c1-3-10(13)11-9-4-5-14-7-8(9)6-12(11)2/h8-9,11H,3-7H2,1-2H3. The van der Waals surface area contributed by atoms with Crippen LogP contribution in [-0.4, -0.2) is 43.5 Å². The summed E-state index contributed by atoms with van der Waals surface area (Å²) in [4.78, 5) is 14.0. The van der Waals surface area contributed by atoms with Crippen LogP contribution in [-0.2, 0) is 9.53 Å². The molecule has 0 aromatic carbocycles. The topological polar surface area (TPSA) is 29.5 Å². The summed E-state index contributed by atoms with van der Waals surface area (Å²) >= 11 is 0. The number of likely N-dealkylation sites (N-methyl/N-ethyl adjacent to an activating group) is 1. The average molecular weight is 197 g/mol.